The van der Waals surface area contributed by atoms with Crippen molar-refractivity contribution < 1.29 is 32.2 Å². The average molecular weight is 567 g/mol. The number of rotatable bonds is 9. The van der Waals surface area contributed by atoms with E-state index in [1.807, 2.05) is 0 Å². The Kier molecular flexibility index (Phi) is 8.90. The van der Waals surface area contributed by atoms with Crippen LogP contribution in [0.5, 0.6) is 11.5 Å². The summed E-state index contributed by atoms with van der Waals surface area (Å²) in [5.41, 5.74) is 0.537. The van der Waals surface area contributed by atoms with Crippen LogP contribution >= 0.6 is 23.2 Å². The number of anilines is 2. The van der Waals surface area contributed by atoms with Crippen molar-refractivity contribution in [1.82, 2.24) is 0 Å². The summed E-state index contributed by atoms with van der Waals surface area (Å²) in [5, 5.41) is 3.21. The zero-order valence-electron chi connectivity index (χ0n) is 20.3. The predicted octanol–water partition coefficient (Wildman–Crippen LogP) is 5.02. The van der Waals surface area contributed by atoms with Gasteiger partial charge in [-0.25, -0.2) is 13.2 Å². The van der Waals surface area contributed by atoms with E-state index in [2.05, 4.69) is 5.32 Å². The third-order valence-electron chi connectivity index (χ3n) is 5.27. The number of nitrogens with zero attached hydrogens (tertiary/aromatic N) is 1. The maximum atomic E-state index is 13.4. The van der Waals surface area contributed by atoms with Crippen LogP contribution in [0.3, 0.4) is 0 Å². The SMILES string of the molecule is COc1cc(OC)c(N(C)S(=O)(=O)c2cccc(C(=O)O[C@@H](C)C(=O)Nc3cccc(Cl)c3)c2)cc1Cl. The lowest BCUT2D eigenvalue weighted by atomic mass is 10.2. The lowest BCUT2D eigenvalue weighted by molar-refractivity contribution is -0.123. The number of carbonyl (C=O) groups excluding carboxylic acids is 2. The summed E-state index contributed by atoms with van der Waals surface area (Å²) in [6, 6.07) is 14.6. The zero-order valence-corrected chi connectivity index (χ0v) is 22.6. The number of halogens is 2. The third kappa shape index (κ3) is 6.46. The molecular weight excluding hydrogens is 543 g/mol. The predicted molar refractivity (Wildman–Crippen MR) is 142 cm³/mol. The highest BCUT2D eigenvalue weighted by Crippen LogP contribution is 2.39. The quantitative estimate of drug-likeness (QED) is 0.362. The Morgan fingerprint density at radius 1 is 0.946 bits per heavy atom. The van der Waals surface area contributed by atoms with Crippen molar-refractivity contribution >= 4 is 56.5 Å². The summed E-state index contributed by atoms with van der Waals surface area (Å²) in [6.45, 7) is 1.39. The number of esters is 1. The van der Waals surface area contributed by atoms with Crippen molar-refractivity contribution in [3.63, 3.8) is 0 Å². The van der Waals surface area contributed by atoms with E-state index in [9.17, 15) is 18.0 Å². The second-order valence-corrected chi connectivity index (χ2v) is 10.5. The molecule has 0 heterocycles. The molecule has 1 amide bonds. The van der Waals surface area contributed by atoms with Gasteiger partial charge in [-0.15, -0.1) is 0 Å². The Balaban J connectivity index is 1.80. The Bertz CT molecular complexity index is 1430. The normalized spacial score (nSPS) is 11.8. The van der Waals surface area contributed by atoms with Gasteiger partial charge in [0.1, 0.15) is 11.5 Å². The van der Waals surface area contributed by atoms with Gasteiger partial charge in [0.25, 0.3) is 15.9 Å². The first kappa shape index (κ1) is 28.1. The van der Waals surface area contributed by atoms with Crippen molar-refractivity contribution in [3.8, 4) is 11.5 Å². The number of nitrogens with one attached hydrogen (secondary N) is 1. The molecule has 0 saturated carbocycles. The maximum absolute atomic E-state index is 13.4. The van der Waals surface area contributed by atoms with Gasteiger partial charge in [-0.1, -0.05) is 35.3 Å². The number of ether oxygens (including phenoxy) is 3. The molecule has 0 unspecified atom stereocenters. The van der Waals surface area contributed by atoms with E-state index in [4.69, 9.17) is 37.4 Å². The van der Waals surface area contributed by atoms with Crippen LogP contribution in [0, 0.1) is 0 Å². The Morgan fingerprint density at radius 2 is 1.62 bits per heavy atom. The molecule has 196 valence electrons. The molecule has 0 spiro atoms. The summed E-state index contributed by atoms with van der Waals surface area (Å²) >= 11 is 12.1. The molecule has 0 saturated heterocycles. The van der Waals surface area contributed by atoms with Gasteiger partial charge < -0.3 is 19.5 Å². The minimum atomic E-state index is -4.15. The van der Waals surface area contributed by atoms with E-state index >= 15 is 0 Å². The molecule has 37 heavy (non-hydrogen) atoms. The molecule has 3 rings (SSSR count). The fourth-order valence-corrected chi connectivity index (χ4v) is 4.92. The molecular formula is C25H24Cl2N2O7S. The number of sulfonamides is 1. The summed E-state index contributed by atoms with van der Waals surface area (Å²) in [7, 11) is -0.0239. The van der Waals surface area contributed by atoms with Gasteiger partial charge in [0, 0.05) is 23.8 Å². The third-order valence-corrected chi connectivity index (χ3v) is 7.56. The summed E-state index contributed by atoms with van der Waals surface area (Å²) in [5.74, 6) is -0.935. The van der Waals surface area contributed by atoms with Gasteiger partial charge in [-0.3, -0.25) is 9.10 Å². The second kappa shape index (κ2) is 11.7. The number of hydrogen-bond donors (Lipinski definition) is 1. The number of carbonyl (C=O) groups is 2. The first-order chi connectivity index (χ1) is 17.5. The first-order valence-corrected chi connectivity index (χ1v) is 13.0. The number of hydrogen-bond acceptors (Lipinski definition) is 7. The highest BCUT2D eigenvalue weighted by Gasteiger charge is 2.27. The van der Waals surface area contributed by atoms with Gasteiger partial charge in [-0.05, 0) is 49.4 Å². The molecule has 0 aliphatic carbocycles. The van der Waals surface area contributed by atoms with Gasteiger partial charge in [0.05, 0.1) is 35.4 Å². The largest absolute Gasteiger partial charge is 0.495 e. The minimum absolute atomic E-state index is 0.0587. The second-order valence-electron chi connectivity index (χ2n) is 7.71. The zero-order chi connectivity index (χ0) is 27.3. The number of benzene rings is 3. The molecule has 0 radical (unpaired) electrons. The van der Waals surface area contributed by atoms with Crippen LogP contribution < -0.4 is 19.1 Å². The van der Waals surface area contributed by atoms with Crippen LogP contribution in [0.1, 0.15) is 17.3 Å². The molecule has 0 fully saturated rings. The molecule has 1 N–H and O–H groups in total. The molecule has 0 aromatic heterocycles. The molecule has 0 aliphatic rings. The summed E-state index contributed by atoms with van der Waals surface area (Å²) < 4.78 is 43.4. The van der Waals surface area contributed by atoms with Crippen molar-refractivity contribution in [3.05, 3.63) is 76.3 Å². The van der Waals surface area contributed by atoms with E-state index in [0.29, 0.717) is 16.5 Å². The van der Waals surface area contributed by atoms with E-state index in [-0.39, 0.29) is 26.9 Å². The molecule has 9 nitrogen and oxygen atoms in total. The topological polar surface area (TPSA) is 111 Å². The highest BCUT2D eigenvalue weighted by molar-refractivity contribution is 7.92. The average Bonchev–Trinajstić information content (AvgIpc) is 2.88. The smallest absolute Gasteiger partial charge is 0.338 e. The van der Waals surface area contributed by atoms with Gasteiger partial charge in [-0.2, -0.15) is 0 Å². The standard InChI is InChI=1S/C25H24Cl2N2O7S/c1-15(24(30)28-18-9-6-8-17(26)12-18)36-25(31)16-7-5-10-19(11-16)37(32,33)29(2)21-13-20(27)22(34-3)14-23(21)35-4/h5-15H,1-4H3,(H,28,30)/t15-/m0/s1. The minimum Gasteiger partial charge on any atom is -0.495 e. The Labute approximate surface area is 224 Å². The van der Waals surface area contributed by atoms with Crippen LogP contribution in [-0.4, -0.2) is 47.7 Å². The lowest BCUT2D eigenvalue weighted by Crippen LogP contribution is -2.30. The van der Waals surface area contributed by atoms with Crippen molar-refractivity contribution in [2.75, 3.05) is 30.9 Å². The maximum Gasteiger partial charge on any atom is 0.338 e. The molecule has 0 aliphatic heterocycles. The number of amides is 1. The van der Waals surface area contributed by atoms with Crippen molar-refractivity contribution in [2.45, 2.75) is 17.9 Å². The molecule has 3 aromatic carbocycles. The van der Waals surface area contributed by atoms with Crippen LogP contribution in [0.25, 0.3) is 0 Å². The van der Waals surface area contributed by atoms with Crippen LogP contribution in [0.4, 0.5) is 11.4 Å². The first-order valence-electron chi connectivity index (χ1n) is 10.8. The van der Waals surface area contributed by atoms with Crippen LogP contribution in [-0.2, 0) is 19.6 Å². The lowest BCUT2D eigenvalue weighted by Gasteiger charge is -2.23. The number of methoxy groups -OCH3 is 2. The fourth-order valence-electron chi connectivity index (χ4n) is 3.25. The molecule has 1 atom stereocenters. The van der Waals surface area contributed by atoms with Crippen molar-refractivity contribution in [2.24, 2.45) is 0 Å². The molecule has 3 aromatic rings. The van der Waals surface area contributed by atoms with E-state index in [1.165, 1.54) is 58.5 Å². The highest BCUT2D eigenvalue weighted by atomic mass is 35.5. The Hall–Kier alpha value is -3.47. The summed E-state index contributed by atoms with van der Waals surface area (Å²) in [4.78, 5) is 25.0. The van der Waals surface area contributed by atoms with E-state index < -0.39 is 28.0 Å². The fraction of sp³-hybridized carbons (Fsp3) is 0.200. The van der Waals surface area contributed by atoms with E-state index in [0.717, 1.165) is 10.4 Å². The van der Waals surface area contributed by atoms with Gasteiger partial charge >= 0.3 is 5.97 Å². The van der Waals surface area contributed by atoms with Gasteiger partial charge in [0.2, 0.25) is 0 Å². The summed E-state index contributed by atoms with van der Waals surface area (Å²) in [6.07, 6.45) is -1.17. The monoisotopic (exact) mass is 566 g/mol. The van der Waals surface area contributed by atoms with E-state index in [1.54, 1.807) is 24.3 Å². The van der Waals surface area contributed by atoms with Crippen molar-refractivity contribution in [1.29, 1.82) is 0 Å². The molecule has 12 heteroatoms. The van der Waals surface area contributed by atoms with Crippen LogP contribution in [0.15, 0.2) is 65.6 Å². The van der Waals surface area contributed by atoms with Crippen LogP contribution in [0.2, 0.25) is 10.0 Å². The van der Waals surface area contributed by atoms with Gasteiger partial charge in [0.15, 0.2) is 6.10 Å². The Morgan fingerprint density at radius 3 is 2.27 bits per heavy atom. The molecule has 0 bridgehead atoms.